The van der Waals surface area contributed by atoms with E-state index < -0.39 is 11.9 Å². The van der Waals surface area contributed by atoms with Crippen molar-refractivity contribution in [3.8, 4) is 0 Å². The maximum absolute atomic E-state index is 11.8. The lowest BCUT2D eigenvalue weighted by Gasteiger charge is -2.05. The van der Waals surface area contributed by atoms with E-state index in [1.165, 1.54) is 36.8 Å². The van der Waals surface area contributed by atoms with Crippen LogP contribution in [-0.2, 0) is 0 Å². The zero-order chi connectivity index (χ0) is 13.8. The number of hydrogen-bond donors (Lipinski definition) is 3. The Balaban J connectivity index is 2.19. The van der Waals surface area contributed by atoms with Gasteiger partial charge in [0, 0.05) is 18.5 Å². The van der Waals surface area contributed by atoms with E-state index in [0.717, 1.165) is 0 Å². The zero-order valence-corrected chi connectivity index (χ0v) is 9.58. The Hall–Kier alpha value is -2.96. The second kappa shape index (κ2) is 5.13. The molecule has 0 aromatic carbocycles. The third-order valence-corrected chi connectivity index (χ3v) is 2.29. The molecule has 2 aromatic heterocycles. The molecule has 0 atom stereocenters. The average Bonchev–Trinajstić information content (AvgIpc) is 2.39. The molecule has 2 rings (SSSR count). The number of carbonyl (C=O) groups excluding carboxylic acids is 1. The summed E-state index contributed by atoms with van der Waals surface area (Å²) in [5.41, 5.74) is 0.168. The smallest absolute Gasteiger partial charge is 0.337 e. The first-order valence-corrected chi connectivity index (χ1v) is 5.25. The van der Waals surface area contributed by atoms with Crippen LogP contribution in [0.2, 0.25) is 0 Å². The van der Waals surface area contributed by atoms with Gasteiger partial charge in [0.25, 0.3) is 5.91 Å². The SMILES string of the molecule is O=C(O)c1cncc(NC(=O)c2ccc(=O)[nH]c2)c1. The maximum Gasteiger partial charge on any atom is 0.337 e. The number of carboxylic acid groups (broad SMARTS) is 1. The van der Waals surface area contributed by atoms with E-state index in [0.29, 0.717) is 0 Å². The highest BCUT2D eigenvalue weighted by Crippen LogP contribution is 2.09. The second-order valence-electron chi connectivity index (χ2n) is 3.66. The minimum atomic E-state index is -1.13. The van der Waals surface area contributed by atoms with E-state index in [9.17, 15) is 14.4 Å². The van der Waals surface area contributed by atoms with E-state index in [1.54, 1.807) is 0 Å². The number of aromatic amines is 1. The number of H-pyrrole nitrogens is 1. The summed E-state index contributed by atoms with van der Waals surface area (Å²) in [6.07, 6.45) is 3.78. The largest absolute Gasteiger partial charge is 0.478 e. The van der Waals surface area contributed by atoms with Gasteiger partial charge in [0.2, 0.25) is 5.56 Å². The summed E-state index contributed by atoms with van der Waals surface area (Å²) in [4.78, 5) is 39.5. The van der Waals surface area contributed by atoms with Gasteiger partial charge >= 0.3 is 5.97 Å². The lowest BCUT2D eigenvalue weighted by molar-refractivity contribution is 0.0696. The number of aromatic nitrogens is 2. The fourth-order valence-electron chi connectivity index (χ4n) is 1.38. The monoisotopic (exact) mass is 259 g/mol. The minimum absolute atomic E-state index is 0.0285. The molecule has 96 valence electrons. The number of amides is 1. The van der Waals surface area contributed by atoms with Crippen molar-refractivity contribution in [2.75, 3.05) is 5.32 Å². The number of rotatable bonds is 3. The minimum Gasteiger partial charge on any atom is -0.478 e. The molecule has 7 heteroatoms. The number of nitrogens with one attached hydrogen (secondary N) is 2. The molecule has 7 nitrogen and oxygen atoms in total. The lowest BCUT2D eigenvalue weighted by atomic mass is 10.2. The van der Waals surface area contributed by atoms with Gasteiger partial charge in [-0.15, -0.1) is 0 Å². The van der Waals surface area contributed by atoms with Crippen molar-refractivity contribution >= 4 is 17.6 Å². The molecule has 0 fully saturated rings. The molecule has 19 heavy (non-hydrogen) atoms. The highest BCUT2D eigenvalue weighted by molar-refractivity contribution is 6.04. The van der Waals surface area contributed by atoms with Crippen molar-refractivity contribution in [2.24, 2.45) is 0 Å². The van der Waals surface area contributed by atoms with E-state index in [4.69, 9.17) is 5.11 Å². The quantitative estimate of drug-likeness (QED) is 0.751. The van der Waals surface area contributed by atoms with Gasteiger partial charge in [-0.2, -0.15) is 0 Å². The number of nitrogens with zero attached hydrogens (tertiary/aromatic N) is 1. The van der Waals surface area contributed by atoms with Gasteiger partial charge in [0.1, 0.15) is 0 Å². The molecule has 0 unspecified atom stereocenters. The Bertz CT molecular complexity index is 673. The van der Waals surface area contributed by atoms with Crippen LogP contribution in [0.1, 0.15) is 20.7 Å². The Labute approximate surface area is 106 Å². The Kier molecular flexibility index (Phi) is 3.37. The van der Waals surface area contributed by atoms with Gasteiger partial charge in [-0.1, -0.05) is 0 Å². The first-order chi connectivity index (χ1) is 9.06. The lowest BCUT2D eigenvalue weighted by Crippen LogP contribution is -2.15. The molecule has 0 bridgehead atoms. The van der Waals surface area contributed by atoms with E-state index in [-0.39, 0.29) is 22.4 Å². The molecule has 0 aliphatic rings. The number of anilines is 1. The highest BCUT2D eigenvalue weighted by Gasteiger charge is 2.08. The van der Waals surface area contributed by atoms with Crippen LogP contribution in [0.15, 0.2) is 41.6 Å². The predicted octanol–water partition coefficient (Wildman–Crippen LogP) is 0.720. The molecular formula is C12H9N3O4. The predicted molar refractivity (Wildman–Crippen MR) is 66.2 cm³/mol. The third kappa shape index (κ3) is 3.03. The van der Waals surface area contributed by atoms with Gasteiger partial charge in [0.05, 0.1) is 23.0 Å². The van der Waals surface area contributed by atoms with Crippen molar-refractivity contribution < 1.29 is 14.7 Å². The van der Waals surface area contributed by atoms with Gasteiger partial charge in [-0.25, -0.2) is 4.79 Å². The topological polar surface area (TPSA) is 112 Å². The van der Waals surface area contributed by atoms with Gasteiger partial charge in [0.15, 0.2) is 0 Å². The van der Waals surface area contributed by atoms with Crippen LogP contribution in [0, 0.1) is 0 Å². The van der Waals surface area contributed by atoms with Crippen molar-refractivity contribution in [2.45, 2.75) is 0 Å². The molecule has 3 N–H and O–H groups in total. The summed E-state index contributed by atoms with van der Waals surface area (Å²) < 4.78 is 0. The molecule has 0 saturated heterocycles. The first-order valence-electron chi connectivity index (χ1n) is 5.25. The van der Waals surface area contributed by atoms with Crippen LogP contribution in [-0.4, -0.2) is 27.0 Å². The molecule has 2 aromatic rings. The van der Waals surface area contributed by atoms with Crippen LogP contribution in [0.5, 0.6) is 0 Å². The number of carboxylic acids is 1. The molecule has 0 aliphatic heterocycles. The normalized spacial score (nSPS) is 9.89. The average molecular weight is 259 g/mol. The number of pyridine rings is 2. The van der Waals surface area contributed by atoms with Gasteiger partial charge in [-0.05, 0) is 12.1 Å². The Morgan fingerprint density at radius 2 is 2.00 bits per heavy atom. The molecule has 1 amide bonds. The van der Waals surface area contributed by atoms with E-state index >= 15 is 0 Å². The molecule has 0 spiro atoms. The number of hydrogen-bond acceptors (Lipinski definition) is 4. The van der Waals surface area contributed by atoms with Crippen LogP contribution in [0.3, 0.4) is 0 Å². The fourth-order valence-corrected chi connectivity index (χ4v) is 1.38. The van der Waals surface area contributed by atoms with E-state index in [1.807, 2.05) is 0 Å². The zero-order valence-electron chi connectivity index (χ0n) is 9.58. The molecule has 0 radical (unpaired) electrons. The van der Waals surface area contributed by atoms with Crippen LogP contribution < -0.4 is 10.9 Å². The third-order valence-electron chi connectivity index (χ3n) is 2.29. The number of aromatic carboxylic acids is 1. The molecule has 0 aliphatic carbocycles. The summed E-state index contributed by atoms with van der Waals surface area (Å²) in [6, 6.07) is 3.88. The van der Waals surface area contributed by atoms with Crippen LogP contribution in [0.4, 0.5) is 5.69 Å². The van der Waals surface area contributed by atoms with Crippen molar-refractivity contribution in [3.63, 3.8) is 0 Å². The highest BCUT2D eigenvalue weighted by atomic mass is 16.4. The van der Waals surface area contributed by atoms with Crippen LogP contribution in [0.25, 0.3) is 0 Å². The Morgan fingerprint density at radius 1 is 1.21 bits per heavy atom. The molecule has 0 saturated carbocycles. The maximum atomic E-state index is 11.8. The fraction of sp³-hybridized carbons (Fsp3) is 0. The summed E-state index contributed by atoms with van der Waals surface area (Å²) in [7, 11) is 0. The first kappa shape index (κ1) is 12.5. The second-order valence-corrected chi connectivity index (χ2v) is 3.66. The molecule has 2 heterocycles. The van der Waals surface area contributed by atoms with Crippen LogP contribution >= 0.6 is 0 Å². The molecular weight excluding hydrogens is 250 g/mol. The van der Waals surface area contributed by atoms with Crippen molar-refractivity contribution in [1.29, 1.82) is 0 Å². The summed E-state index contributed by atoms with van der Waals surface area (Å²) in [5.74, 6) is -1.60. The standard InChI is InChI=1S/C12H9N3O4/c16-10-2-1-7(5-14-10)11(17)15-9-3-8(12(18)19)4-13-6-9/h1-6H,(H,14,16)(H,15,17)(H,18,19). The van der Waals surface area contributed by atoms with Crippen molar-refractivity contribution in [3.05, 3.63) is 58.3 Å². The number of carbonyl (C=O) groups is 2. The van der Waals surface area contributed by atoms with Gasteiger partial charge in [-0.3, -0.25) is 14.6 Å². The van der Waals surface area contributed by atoms with Gasteiger partial charge < -0.3 is 15.4 Å². The summed E-state index contributed by atoms with van der Waals surface area (Å²) >= 11 is 0. The van der Waals surface area contributed by atoms with Crippen molar-refractivity contribution in [1.82, 2.24) is 9.97 Å². The Morgan fingerprint density at radius 3 is 2.63 bits per heavy atom. The summed E-state index contributed by atoms with van der Waals surface area (Å²) in [6.45, 7) is 0. The summed E-state index contributed by atoms with van der Waals surface area (Å²) in [5, 5.41) is 11.3. The van der Waals surface area contributed by atoms with E-state index in [2.05, 4.69) is 15.3 Å².